The van der Waals surface area contributed by atoms with E-state index in [0.29, 0.717) is 0 Å². The minimum absolute atomic E-state index is 0.0491. The summed E-state index contributed by atoms with van der Waals surface area (Å²) in [4.78, 5) is 8.41. The van der Waals surface area contributed by atoms with Crippen molar-refractivity contribution in [3.8, 4) is 0 Å². The minimum Gasteiger partial charge on any atom is -0.349 e. The molecule has 4 aromatic heterocycles. The van der Waals surface area contributed by atoms with E-state index in [9.17, 15) is 0 Å². The maximum atomic E-state index is 4.48. The molecule has 4 heterocycles. The number of imidazole rings is 1. The van der Waals surface area contributed by atoms with Gasteiger partial charge in [-0.2, -0.15) is 5.10 Å². The van der Waals surface area contributed by atoms with E-state index in [1.807, 2.05) is 21.8 Å². The van der Waals surface area contributed by atoms with E-state index in [0.717, 1.165) is 6.42 Å². The molecule has 0 fully saturated rings. The Labute approximate surface area is 157 Å². The maximum absolute atomic E-state index is 4.48. The van der Waals surface area contributed by atoms with Crippen molar-refractivity contribution in [1.82, 2.24) is 43.6 Å². The SMILES string of the molecule is CC(CC(C(C(C)n1ccnc1)n1cncn1)n1cccc1)n1cnnc1. The van der Waals surface area contributed by atoms with E-state index < -0.39 is 0 Å². The van der Waals surface area contributed by atoms with Crippen LogP contribution in [0.4, 0.5) is 0 Å². The fraction of sp³-hybridized carbons (Fsp3) is 0.389. The lowest BCUT2D eigenvalue weighted by Crippen LogP contribution is -2.31. The quantitative estimate of drug-likeness (QED) is 0.479. The fourth-order valence-corrected chi connectivity index (χ4v) is 3.69. The summed E-state index contributed by atoms with van der Waals surface area (Å²) in [6.07, 6.45) is 17.6. The number of hydrogen-bond donors (Lipinski definition) is 0. The molecular formula is C18H23N9. The molecule has 0 bridgehead atoms. The molecular weight excluding hydrogens is 342 g/mol. The Kier molecular flexibility index (Phi) is 4.82. The highest BCUT2D eigenvalue weighted by Crippen LogP contribution is 2.38. The molecule has 4 aromatic rings. The molecule has 9 heteroatoms. The monoisotopic (exact) mass is 365 g/mol. The van der Waals surface area contributed by atoms with Gasteiger partial charge >= 0.3 is 0 Å². The topological polar surface area (TPSA) is 84.2 Å². The van der Waals surface area contributed by atoms with Gasteiger partial charge in [-0.05, 0) is 32.4 Å². The Balaban J connectivity index is 1.72. The lowest BCUT2D eigenvalue weighted by atomic mass is 9.94. The molecule has 9 nitrogen and oxygen atoms in total. The van der Waals surface area contributed by atoms with Gasteiger partial charge in [-0.25, -0.2) is 14.6 Å². The second-order valence-electron chi connectivity index (χ2n) is 6.81. The molecule has 4 unspecified atom stereocenters. The number of nitrogens with zero attached hydrogens (tertiary/aromatic N) is 9. The Morgan fingerprint density at radius 1 is 0.815 bits per heavy atom. The van der Waals surface area contributed by atoms with E-state index >= 15 is 0 Å². The van der Waals surface area contributed by atoms with Crippen LogP contribution in [0.2, 0.25) is 0 Å². The highest BCUT2D eigenvalue weighted by molar-refractivity contribution is 4.99. The molecule has 0 aliphatic rings. The van der Waals surface area contributed by atoms with Crippen LogP contribution in [0.25, 0.3) is 0 Å². The molecule has 0 spiro atoms. The highest BCUT2D eigenvalue weighted by atomic mass is 15.4. The first-order valence-corrected chi connectivity index (χ1v) is 9.02. The van der Waals surface area contributed by atoms with Crippen LogP contribution < -0.4 is 0 Å². The largest absolute Gasteiger partial charge is 0.349 e. The minimum atomic E-state index is 0.0491. The summed E-state index contributed by atoms with van der Waals surface area (Å²) >= 11 is 0. The second kappa shape index (κ2) is 7.56. The van der Waals surface area contributed by atoms with Gasteiger partial charge in [0, 0.05) is 30.8 Å². The Bertz CT molecular complexity index is 895. The molecule has 140 valence electrons. The fourth-order valence-electron chi connectivity index (χ4n) is 3.69. The first-order chi connectivity index (χ1) is 13.2. The van der Waals surface area contributed by atoms with Crippen molar-refractivity contribution < 1.29 is 0 Å². The van der Waals surface area contributed by atoms with Crippen molar-refractivity contribution in [2.75, 3.05) is 0 Å². The average molecular weight is 365 g/mol. The van der Waals surface area contributed by atoms with Crippen LogP contribution in [0.1, 0.15) is 44.4 Å². The summed E-state index contributed by atoms with van der Waals surface area (Å²) in [5.74, 6) is 0. The molecule has 0 aliphatic carbocycles. The molecule has 4 rings (SSSR count). The van der Waals surface area contributed by atoms with Gasteiger partial charge in [0.1, 0.15) is 25.3 Å². The first kappa shape index (κ1) is 17.2. The van der Waals surface area contributed by atoms with Crippen molar-refractivity contribution >= 4 is 0 Å². The lowest BCUT2D eigenvalue weighted by molar-refractivity contribution is 0.198. The van der Waals surface area contributed by atoms with Gasteiger partial charge in [-0.3, -0.25) is 0 Å². The summed E-state index contributed by atoms with van der Waals surface area (Å²) < 4.78 is 8.36. The van der Waals surface area contributed by atoms with Gasteiger partial charge in [-0.15, -0.1) is 10.2 Å². The summed E-state index contributed by atoms with van der Waals surface area (Å²) in [5.41, 5.74) is 0. The molecule has 0 radical (unpaired) electrons. The molecule has 0 aliphatic heterocycles. The third-order valence-corrected chi connectivity index (χ3v) is 5.16. The van der Waals surface area contributed by atoms with Crippen LogP contribution in [0, 0.1) is 0 Å². The third kappa shape index (κ3) is 3.53. The van der Waals surface area contributed by atoms with Crippen LogP contribution in [0.15, 0.2) is 68.6 Å². The van der Waals surface area contributed by atoms with Crippen LogP contribution in [0.3, 0.4) is 0 Å². The van der Waals surface area contributed by atoms with E-state index in [4.69, 9.17) is 0 Å². The van der Waals surface area contributed by atoms with Gasteiger partial charge in [0.2, 0.25) is 0 Å². The summed E-state index contributed by atoms with van der Waals surface area (Å²) in [5, 5.41) is 12.4. The van der Waals surface area contributed by atoms with Crippen LogP contribution in [0.5, 0.6) is 0 Å². The number of rotatable bonds is 8. The van der Waals surface area contributed by atoms with Gasteiger partial charge < -0.3 is 13.7 Å². The van der Waals surface area contributed by atoms with Crippen molar-refractivity contribution in [3.63, 3.8) is 0 Å². The summed E-state index contributed by atoms with van der Waals surface area (Å²) in [6.45, 7) is 4.37. The zero-order chi connectivity index (χ0) is 18.6. The second-order valence-corrected chi connectivity index (χ2v) is 6.81. The summed E-state index contributed by atoms with van der Waals surface area (Å²) in [6, 6.07) is 4.67. The zero-order valence-electron chi connectivity index (χ0n) is 15.4. The number of hydrogen-bond acceptors (Lipinski definition) is 5. The van der Waals surface area contributed by atoms with Gasteiger partial charge in [-0.1, -0.05) is 0 Å². The van der Waals surface area contributed by atoms with Crippen molar-refractivity contribution in [3.05, 3.63) is 68.6 Å². The van der Waals surface area contributed by atoms with Crippen LogP contribution in [-0.4, -0.2) is 43.6 Å². The first-order valence-electron chi connectivity index (χ1n) is 9.02. The summed E-state index contributed by atoms with van der Waals surface area (Å²) in [7, 11) is 0. The highest BCUT2D eigenvalue weighted by Gasteiger charge is 2.32. The Morgan fingerprint density at radius 3 is 2.22 bits per heavy atom. The Morgan fingerprint density at radius 2 is 1.59 bits per heavy atom. The molecule has 0 saturated heterocycles. The van der Waals surface area contributed by atoms with Crippen LogP contribution >= 0.6 is 0 Å². The number of aromatic nitrogens is 9. The van der Waals surface area contributed by atoms with Crippen molar-refractivity contribution in [2.45, 2.75) is 44.4 Å². The van der Waals surface area contributed by atoms with E-state index in [1.165, 1.54) is 0 Å². The molecule has 27 heavy (non-hydrogen) atoms. The molecule has 4 atom stereocenters. The van der Waals surface area contributed by atoms with E-state index in [1.54, 1.807) is 31.5 Å². The standard InChI is InChI=1S/C18H23N9/c1-15(26-13-21-22-14-26)9-17(24-6-3-4-7-24)18(27-12-20-10-23-27)16(2)25-8-5-19-11-25/h3-8,10-18H,9H2,1-2H3. The van der Waals surface area contributed by atoms with E-state index in [2.05, 4.69) is 72.8 Å². The molecule has 0 N–H and O–H groups in total. The lowest BCUT2D eigenvalue weighted by Gasteiger charge is -2.35. The predicted octanol–water partition coefficient (Wildman–Crippen LogP) is 2.56. The molecule has 0 aromatic carbocycles. The molecule has 0 saturated carbocycles. The predicted molar refractivity (Wildman–Crippen MR) is 98.8 cm³/mol. The normalized spacial score (nSPS) is 16.1. The Hall–Kier alpha value is -3.23. The van der Waals surface area contributed by atoms with Crippen LogP contribution in [-0.2, 0) is 0 Å². The average Bonchev–Trinajstić information content (AvgIpc) is 3.49. The molecule has 0 amide bonds. The van der Waals surface area contributed by atoms with Gasteiger partial charge in [0.25, 0.3) is 0 Å². The smallest absolute Gasteiger partial charge is 0.137 e. The van der Waals surface area contributed by atoms with Crippen molar-refractivity contribution in [1.29, 1.82) is 0 Å². The maximum Gasteiger partial charge on any atom is 0.137 e. The van der Waals surface area contributed by atoms with Crippen molar-refractivity contribution in [2.24, 2.45) is 0 Å². The third-order valence-electron chi connectivity index (χ3n) is 5.16. The van der Waals surface area contributed by atoms with E-state index in [-0.39, 0.29) is 24.2 Å². The van der Waals surface area contributed by atoms with Gasteiger partial charge in [0.05, 0.1) is 24.5 Å². The zero-order valence-corrected chi connectivity index (χ0v) is 15.4. The van der Waals surface area contributed by atoms with Gasteiger partial charge in [0.15, 0.2) is 0 Å².